The molecule has 18 heavy (non-hydrogen) atoms. The molecule has 1 saturated carbocycles. The number of nitrogens with one attached hydrogen (secondary N) is 1. The first kappa shape index (κ1) is 13.2. The molecule has 0 radical (unpaired) electrons. The van der Waals surface area contributed by atoms with E-state index in [1.54, 1.807) is 0 Å². The molecule has 1 aromatic rings. The summed E-state index contributed by atoms with van der Waals surface area (Å²) in [7, 11) is 0. The Morgan fingerprint density at radius 3 is 2.61 bits per heavy atom. The monoisotopic (exact) mass is 262 g/mol. The molecule has 1 fully saturated rings. The summed E-state index contributed by atoms with van der Waals surface area (Å²) in [5, 5.41) is 13.5. The van der Waals surface area contributed by atoms with Crippen molar-refractivity contribution in [2.75, 3.05) is 5.32 Å². The maximum absolute atomic E-state index is 9.50. The van der Waals surface area contributed by atoms with Gasteiger partial charge in [-0.25, -0.2) is 0 Å². The fourth-order valence-corrected chi connectivity index (χ4v) is 2.85. The van der Waals surface area contributed by atoms with Gasteiger partial charge in [0.2, 0.25) is 0 Å². The number of para-hydroxylation sites is 1. The molecule has 1 aliphatic carbocycles. The van der Waals surface area contributed by atoms with E-state index in [4.69, 9.17) is 11.6 Å². The van der Waals surface area contributed by atoms with Crippen LogP contribution in [0.15, 0.2) is 24.3 Å². The lowest BCUT2D eigenvalue weighted by atomic mass is 9.76. The summed E-state index contributed by atoms with van der Waals surface area (Å²) < 4.78 is 0. The molecule has 0 amide bonds. The average molecular weight is 263 g/mol. The second-order valence-electron chi connectivity index (χ2n) is 5.15. The number of nitrogens with zero attached hydrogens (tertiary/aromatic N) is 1. The molecular weight excluding hydrogens is 244 g/mol. The lowest BCUT2D eigenvalue weighted by molar-refractivity contribution is 0.290. The van der Waals surface area contributed by atoms with E-state index in [1.165, 1.54) is 6.42 Å². The van der Waals surface area contributed by atoms with Crippen LogP contribution < -0.4 is 5.32 Å². The van der Waals surface area contributed by atoms with Crippen LogP contribution in [0.4, 0.5) is 5.69 Å². The Balaban J connectivity index is 2.11. The summed E-state index contributed by atoms with van der Waals surface area (Å²) in [6.45, 7) is 2.23. The molecule has 2 rings (SSSR count). The molecule has 1 N–H and O–H groups in total. The van der Waals surface area contributed by atoms with Gasteiger partial charge in [0.1, 0.15) is 5.54 Å². The largest absolute Gasteiger partial charge is 0.366 e. The number of rotatable bonds is 3. The summed E-state index contributed by atoms with van der Waals surface area (Å²) in [5.41, 5.74) is 0.437. The van der Waals surface area contributed by atoms with Crippen molar-refractivity contribution < 1.29 is 0 Å². The molecule has 0 unspecified atom stereocenters. The van der Waals surface area contributed by atoms with E-state index in [9.17, 15) is 5.26 Å². The van der Waals surface area contributed by atoms with E-state index in [0.717, 1.165) is 37.3 Å². The molecule has 1 aliphatic rings. The predicted octanol–water partition coefficient (Wildman–Crippen LogP) is 4.61. The van der Waals surface area contributed by atoms with Gasteiger partial charge < -0.3 is 5.32 Å². The fraction of sp³-hybridized carbons (Fsp3) is 0.533. The first-order valence-electron chi connectivity index (χ1n) is 6.63. The van der Waals surface area contributed by atoms with Crippen LogP contribution in [0.25, 0.3) is 0 Å². The number of anilines is 1. The molecule has 96 valence electrons. The lowest BCUT2D eigenvalue weighted by Crippen LogP contribution is -2.40. The smallest absolute Gasteiger partial charge is 0.125 e. The summed E-state index contributed by atoms with van der Waals surface area (Å²) >= 11 is 6.15. The van der Waals surface area contributed by atoms with Crippen LogP contribution in [0.1, 0.15) is 39.0 Å². The van der Waals surface area contributed by atoms with E-state index < -0.39 is 5.54 Å². The number of nitriles is 1. The van der Waals surface area contributed by atoms with E-state index in [2.05, 4.69) is 18.3 Å². The Hall–Kier alpha value is -1.20. The van der Waals surface area contributed by atoms with Gasteiger partial charge in [0.15, 0.2) is 0 Å². The Morgan fingerprint density at radius 1 is 1.39 bits per heavy atom. The highest BCUT2D eigenvalue weighted by Crippen LogP contribution is 2.37. The van der Waals surface area contributed by atoms with Gasteiger partial charge >= 0.3 is 0 Å². The van der Waals surface area contributed by atoms with Crippen molar-refractivity contribution in [3.05, 3.63) is 29.3 Å². The Bertz CT molecular complexity index is 442. The Kier molecular flexibility index (Phi) is 4.14. The first-order valence-corrected chi connectivity index (χ1v) is 7.01. The molecule has 1 aromatic carbocycles. The average Bonchev–Trinajstić information content (AvgIpc) is 2.42. The van der Waals surface area contributed by atoms with Crippen LogP contribution in [0.2, 0.25) is 5.02 Å². The molecule has 0 spiro atoms. The highest BCUT2D eigenvalue weighted by atomic mass is 35.5. The van der Waals surface area contributed by atoms with E-state index >= 15 is 0 Å². The second-order valence-corrected chi connectivity index (χ2v) is 5.56. The predicted molar refractivity (Wildman–Crippen MR) is 75.7 cm³/mol. The summed E-state index contributed by atoms with van der Waals surface area (Å²) in [6, 6.07) is 10.1. The Morgan fingerprint density at radius 2 is 2.06 bits per heavy atom. The molecule has 0 atom stereocenters. The minimum atomic E-state index is -0.434. The summed E-state index contributed by atoms with van der Waals surface area (Å²) in [5.74, 6) is 0.777. The van der Waals surface area contributed by atoms with Crippen molar-refractivity contribution in [1.29, 1.82) is 5.26 Å². The molecule has 0 saturated heterocycles. The van der Waals surface area contributed by atoms with Crippen molar-refractivity contribution in [3.63, 3.8) is 0 Å². The zero-order valence-corrected chi connectivity index (χ0v) is 11.5. The zero-order chi connectivity index (χ0) is 13.0. The zero-order valence-electron chi connectivity index (χ0n) is 10.7. The van der Waals surface area contributed by atoms with Gasteiger partial charge in [-0.15, -0.1) is 0 Å². The van der Waals surface area contributed by atoms with Gasteiger partial charge in [0, 0.05) is 0 Å². The van der Waals surface area contributed by atoms with Gasteiger partial charge in [-0.1, -0.05) is 37.1 Å². The van der Waals surface area contributed by atoms with Gasteiger partial charge in [-0.05, 0) is 43.7 Å². The van der Waals surface area contributed by atoms with Crippen molar-refractivity contribution in [2.45, 2.75) is 44.6 Å². The number of hydrogen-bond donors (Lipinski definition) is 1. The van der Waals surface area contributed by atoms with Gasteiger partial charge in [0.25, 0.3) is 0 Å². The topological polar surface area (TPSA) is 35.8 Å². The van der Waals surface area contributed by atoms with E-state index in [0.29, 0.717) is 5.02 Å². The maximum Gasteiger partial charge on any atom is 0.125 e. The highest BCUT2D eigenvalue weighted by Gasteiger charge is 2.35. The SMILES string of the molecule is CCC1CCC(C#N)(Nc2ccccc2Cl)CC1. The summed E-state index contributed by atoms with van der Waals surface area (Å²) in [6.07, 6.45) is 5.29. The van der Waals surface area contributed by atoms with Gasteiger partial charge in [-0.2, -0.15) is 5.26 Å². The molecule has 3 heteroatoms. The molecule has 0 aromatic heterocycles. The minimum Gasteiger partial charge on any atom is -0.366 e. The normalized spacial score (nSPS) is 27.5. The van der Waals surface area contributed by atoms with Crippen molar-refractivity contribution in [1.82, 2.24) is 0 Å². The molecule has 2 nitrogen and oxygen atoms in total. The van der Waals surface area contributed by atoms with Crippen molar-refractivity contribution >= 4 is 17.3 Å². The van der Waals surface area contributed by atoms with Crippen LogP contribution in [0.3, 0.4) is 0 Å². The maximum atomic E-state index is 9.50. The second kappa shape index (κ2) is 5.63. The van der Waals surface area contributed by atoms with Crippen LogP contribution in [0, 0.1) is 17.2 Å². The van der Waals surface area contributed by atoms with Crippen LogP contribution >= 0.6 is 11.6 Å². The lowest BCUT2D eigenvalue weighted by Gasteiger charge is -2.36. The standard InChI is InChI=1S/C15H19ClN2/c1-2-12-7-9-15(11-17,10-8-12)18-14-6-4-3-5-13(14)16/h3-6,12,18H,2,7-10H2,1H3. The number of benzene rings is 1. The number of halogens is 1. The third-order valence-corrected chi connectivity index (χ3v) is 4.33. The molecule has 0 aliphatic heterocycles. The van der Waals surface area contributed by atoms with E-state index in [1.807, 2.05) is 24.3 Å². The fourth-order valence-electron chi connectivity index (χ4n) is 2.66. The van der Waals surface area contributed by atoms with Crippen LogP contribution in [-0.2, 0) is 0 Å². The van der Waals surface area contributed by atoms with Crippen LogP contribution in [0.5, 0.6) is 0 Å². The molecule has 0 bridgehead atoms. The quantitative estimate of drug-likeness (QED) is 0.863. The van der Waals surface area contributed by atoms with Gasteiger partial charge in [0.05, 0.1) is 16.8 Å². The van der Waals surface area contributed by atoms with Crippen LogP contribution in [-0.4, -0.2) is 5.54 Å². The Labute approximate surface area is 114 Å². The third kappa shape index (κ3) is 2.79. The van der Waals surface area contributed by atoms with E-state index in [-0.39, 0.29) is 0 Å². The molecular formula is C15H19ClN2. The molecule has 0 heterocycles. The summed E-state index contributed by atoms with van der Waals surface area (Å²) in [4.78, 5) is 0. The third-order valence-electron chi connectivity index (χ3n) is 4.00. The minimum absolute atomic E-state index is 0.434. The van der Waals surface area contributed by atoms with Crippen molar-refractivity contribution in [2.24, 2.45) is 5.92 Å². The first-order chi connectivity index (χ1) is 8.69. The highest BCUT2D eigenvalue weighted by molar-refractivity contribution is 6.33. The van der Waals surface area contributed by atoms with Crippen molar-refractivity contribution in [3.8, 4) is 6.07 Å². The number of hydrogen-bond acceptors (Lipinski definition) is 2. The van der Waals surface area contributed by atoms with Gasteiger partial charge in [-0.3, -0.25) is 0 Å².